The predicted octanol–water partition coefficient (Wildman–Crippen LogP) is 2.23. The summed E-state index contributed by atoms with van der Waals surface area (Å²) in [7, 11) is 3.12. The molecular weight excluding hydrogens is 528 g/mol. The number of methoxy groups -OCH3 is 1. The van der Waals surface area contributed by atoms with Gasteiger partial charge in [-0.25, -0.2) is 0 Å². The lowest BCUT2D eigenvalue weighted by Crippen LogP contribution is -2.51. The molecule has 3 heterocycles. The van der Waals surface area contributed by atoms with Crippen molar-refractivity contribution < 1.29 is 28.7 Å². The monoisotopic (exact) mass is 558 g/mol. The van der Waals surface area contributed by atoms with Crippen LogP contribution >= 0.6 is 0 Å². The SMILES string of the molecule is COc1c(C(=O)N2CCN(C(=O)COC(C)=O)CC2)n(C)c2c1c(=O)n(CC(=O)c1ccccc1)c1ccccc21. The number of hydrogen-bond acceptors (Lipinski definition) is 7. The van der Waals surface area contributed by atoms with Crippen molar-refractivity contribution in [3.8, 4) is 5.75 Å². The third kappa shape index (κ3) is 5.06. The minimum atomic E-state index is -0.536. The minimum absolute atomic E-state index is 0.137. The first-order chi connectivity index (χ1) is 19.7. The highest BCUT2D eigenvalue weighted by molar-refractivity contribution is 6.12. The number of hydrogen-bond donors (Lipinski definition) is 0. The van der Waals surface area contributed by atoms with E-state index in [1.54, 1.807) is 57.8 Å². The van der Waals surface area contributed by atoms with Crippen LogP contribution in [0.5, 0.6) is 5.75 Å². The molecule has 11 heteroatoms. The topological polar surface area (TPSA) is 120 Å². The number of nitrogens with zero attached hydrogens (tertiary/aromatic N) is 4. The van der Waals surface area contributed by atoms with Crippen LogP contribution in [-0.4, -0.2) is 82.4 Å². The largest absolute Gasteiger partial charge is 0.493 e. The molecule has 4 aromatic rings. The predicted molar refractivity (Wildman–Crippen MR) is 151 cm³/mol. The molecule has 1 aliphatic heterocycles. The van der Waals surface area contributed by atoms with Gasteiger partial charge in [-0.3, -0.25) is 28.5 Å². The lowest BCUT2D eigenvalue weighted by molar-refractivity contribution is -0.150. The van der Waals surface area contributed by atoms with Gasteiger partial charge in [-0.05, 0) is 6.07 Å². The molecule has 11 nitrogen and oxygen atoms in total. The number of aryl methyl sites for hydroxylation is 1. The minimum Gasteiger partial charge on any atom is -0.493 e. The summed E-state index contributed by atoms with van der Waals surface area (Å²) < 4.78 is 13.6. The Kier molecular flexibility index (Phi) is 7.60. The van der Waals surface area contributed by atoms with E-state index in [0.717, 1.165) is 0 Å². The Morgan fingerprint density at radius 1 is 0.878 bits per heavy atom. The van der Waals surface area contributed by atoms with Crippen molar-refractivity contribution in [2.75, 3.05) is 39.9 Å². The first-order valence-corrected chi connectivity index (χ1v) is 13.2. The molecule has 0 spiro atoms. The summed E-state index contributed by atoms with van der Waals surface area (Å²) in [6.45, 7) is 1.78. The molecule has 0 saturated carbocycles. The van der Waals surface area contributed by atoms with Gasteiger partial charge in [0, 0.05) is 51.1 Å². The maximum absolute atomic E-state index is 14.0. The van der Waals surface area contributed by atoms with E-state index in [1.807, 2.05) is 18.2 Å². The van der Waals surface area contributed by atoms with Gasteiger partial charge in [0.1, 0.15) is 5.39 Å². The lowest BCUT2D eigenvalue weighted by Gasteiger charge is -2.34. The second kappa shape index (κ2) is 11.3. The van der Waals surface area contributed by atoms with Gasteiger partial charge < -0.3 is 23.8 Å². The molecule has 0 unspecified atom stereocenters. The van der Waals surface area contributed by atoms with Gasteiger partial charge in [-0.2, -0.15) is 0 Å². The molecule has 2 aromatic carbocycles. The van der Waals surface area contributed by atoms with Crippen molar-refractivity contribution in [3.05, 3.63) is 76.2 Å². The summed E-state index contributed by atoms with van der Waals surface area (Å²) in [6, 6.07) is 16.0. The van der Waals surface area contributed by atoms with Gasteiger partial charge in [-0.15, -0.1) is 0 Å². The summed E-state index contributed by atoms with van der Waals surface area (Å²) in [4.78, 5) is 67.5. The normalized spacial score (nSPS) is 13.4. The van der Waals surface area contributed by atoms with Crippen molar-refractivity contribution >= 4 is 45.4 Å². The molecule has 1 fully saturated rings. The number of ether oxygens (including phenoxy) is 2. The fourth-order valence-electron chi connectivity index (χ4n) is 5.34. The standard InChI is InChI=1S/C30H30N4O7/c1-19(35)41-18-24(37)32-13-15-33(16-14-32)30(39)27-28(40-3)25-26(31(27)2)21-11-7-8-12-22(21)34(29(25)38)17-23(36)20-9-5-4-6-10-20/h4-12H,13-18H2,1-3H3. The number of aromatic nitrogens is 2. The number of carbonyl (C=O) groups is 4. The van der Waals surface area contributed by atoms with Crippen LogP contribution in [0.2, 0.25) is 0 Å². The van der Waals surface area contributed by atoms with E-state index in [1.165, 1.54) is 18.6 Å². The van der Waals surface area contributed by atoms with Crippen LogP contribution in [0.4, 0.5) is 0 Å². The molecular formula is C30H30N4O7. The molecule has 212 valence electrons. The molecule has 0 bridgehead atoms. The maximum atomic E-state index is 14.0. The van der Waals surface area contributed by atoms with Crippen molar-refractivity contribution in [1.82, 2.24) is 18.9 Å². The summed E-state index contributed by atoms with van der Waals surface area (Å²) in [5.41, 5.74) is 1.36. The Morgan fingerprint density at radius 2 is 1.51 bits per heavy atom. The summed E-state index contributed by atoms with van der Waals surface area (Å²) in [6.07, 6.45) is 0. The highest BCUT2D eigenvalue weighted by Crippen LogP contribution is 2.35. The summed E-state index contributed by atoms with van der Waals surface area (Å²) >= 11 is 0. The number of piperazine rings is 1. The molecule has 0 N–H and O–H groups in total. The van der Waals surface area contributed by atoms with Gasteiger partial charge in [-0.1, -0.05) is 48.5 Å². The Balaban J connectivity index is 1.53. The Morgan fingerprint density at radius 3 is 2.17 bits per heavy atom. The molecule has 2 aromatic heterocycles. The number of carbonyl (C=O) groups excluding carboxylic acids is 4. The fraction of sp³-hybridized carbons (Fsp3) is 0.300. The number of pyridine rings is 1. The third-order valence-corrected chi connectivity index (χ3v) is 7.38. The number of para-hydroxylation sites is 1. The molecule has 41 heavy (non-hydrogen) atoms. The van der Waals surface area contributed by atoms with Crippen LogP contribution in [0.15, 0.2) is 59.4 Å². The number of Topliss-reactive ketones (excluding diaryl/α,β-unsaturated/α-hetero) is 1. The van der Waals surface area contributed by atoms with Crippen LogP contribution in [0.1, 0.15) is 27.8 Å². The molecule has 5 rings (SSSR count). The highest BCUT2D eigenvalue weighted by atomic mass is 16.5. The van der Waals surface area contributed by atoms with Crippen molar-refractivity contribution in [3.63, 3.8) is 0 Å². The average molecular weight is 559 g/mol. The first kappa shape index (κ1) is 27.6. The zero-order valence-electron chi connectivity index (χ0n) is 23.1. The number of amides is 2. The zero-order valence-corrected chi connectivity index (χ0v) is 23.1. The van der Waals surface area contributed by atoms with E-state index >= 15 is 0 Å². The second-order valence-corrected chi connectivity index (χ2v) is 9.82. The number of rotatable bonds is 7. The Labute approximate surface area is 235 Å². The number of ketones is 1. The zero-order chi connectivity index (χ0) is 29.3. The van der Waals surface area contributed by atoms with E-state index in [0.29, 0.717) is 22.0 Å². The van der Waals surface area contributed by atoms with Crippen molar-refractivity contribution in [2.45, 2.75) is 13.5 Å². The van der Waals surface area contributed by atoms with Crippen LogP contribution in [-0.2, 0) is 27.9 Å². The molecule has 1 aliphatic rings. The van der Waals surface area contributed by atoms with E-state index < -0.39 is 11.5 Å². The number of fused-ring (bicyclic) bond motifs is 3. The van der Waals surface area contributed by atoms with Gasteiger partial charge in [0.25, 0.3) is 17.4 Å². The smallest absolute Gasteiger partial charge is 0.303 e. The highest BCUT2D eigenvalue weighted by Gasteiger charge is 2.32. The molecule has 0 aliphatic carbocycles. The van der Waals surface area contributed by atoms with E-state index in [2.05, 4.69) is 0 Å². The van der Waals surface area contributed by atoms with E-state index in [-0.39, 0.29) is 73.8 Å². The van der Waals surface area contributed by atoms with E-state index in [4.69, 9.17) is 9.47 Å². The first-order valence-electron chi connectivity index (χ1n) is 13.2. The molecule has 2 amide bonds. The van der Waals surface area contributed by atoms with Crippen LogP contribution in [0, 0.1) is 0 Å². The Bertz CT molecular complexity index is 1730. The molecule has 1 saturated heterocycles. The average Bonchev–Trinajstić information content (AvgIpc) is 3.30. The van der Waals surface area contributed by atoms with Crippen molar-refractivity contribution in [2.24, 2.45) is 7.05 Å². The molecule has 0 radical (unpaired) electrons. The summed E-state index contributed by atoms with van der Waals surface area (Å²) in [5, 5.41) is 0.914. The fourth-order valence-corrected chi connectivity index (χ4v) is 5.34. The lowest BCUT2D eigenvalue weighted by atomic mass is 10.1. The van der Waals surface area contributed by atoms with Gasteiger partial charge in [0.2, 0.25) is 0 Å². The van der Waals surface area contributed by atoms with Gasteiger partial charge in [0.05, 0.1) is 24.7 Å². The number of benzene rings is 2. The van der Waals surface area contributed by atoms with Crippen molar-refractivity contribution in [1.29, 1.82) is 0 Å². The Hall–Kier alpha value is -4.93. The number of esters is 1. The summed E-state index contributed by atoms with van der Waals surface area (Å²) in [5.74, 6) is -1.29. The van der Waals surface area contributed by atoms with Gasteiger partial charge in [0.15, 0.2) is 23.8 Å². The van der Waals surface area contributed by atoms with Crippen LogP contribution < -0.4 is 10.3 Å². The van der Waals surface area contributed by atoms with Crippen LogP contribution in [0.25, 0.3) is 21.8 Å². The van der Waals surface area contributed by atoms with E-state index in [9.17, 15) is 24.0 Å². The second-order valence-electron chi connectivity index (χ2n) is 9.82. The third-order valence-electron chi connectivity index (χ3n) is 7.38. The maximum Gasteiger partial charge on any atom is 0.303 e. The molecule has 0 atom stereocenters. The van der Waals surface area contributed by atoms with Gasteiger partial charge >= 0.3 is 5.97 Å². The quantitative estimate of drug-likeness (QED) is 0.252. The van der Waals surface area contributed by atoms with Crippen LogP contribution in [0.3, 0.4) is 0 Å².